The molecule has 0 atom stereocenters. The van der Waals surface area contributed by atoms with Crippen LogP contribution in [0, 0.1) is 0 Å². The van der Waals surface area contributed by atoms with Crippen molar-refractivity contribution >= 4 is 17.3 Å². The molecule has 6 nitrogen and oxygen atoms in total. The Morgan fingerprint density at radius 1 is 1.00 bits per heavy atom. The van der Waals surface area contributed by atoms with E-state index in [0.29, 0.717) is 17.5 Å². The van der Waals surface area contributed by atoms with Gasteiger partial charge in [0.05, 0.1) is 0 Å². The number of benzene rings is 2. The molecule has 0 bridgehead atoms. The first-order chi connectivity index (χ1) is 15.9. The molecule has 2 aromatic carbocycles. The quantitative estimate of drug-likeness (QED) is 0.566. The van der Waals surface area contributed by atoms with Gasteiger partial charge in [-0.25, -0.2) is 4.98 Å². The van der Waals surface area contributed by atoms with Gasteiger partial charge in [-0.2, -0.15) is 0 Å². The lowest BCUT2D eigenvalue weighted by atomic mass is 10.1. The van der Waals surface area contributed by atoms with Crippen molar-refractivity contribution in [2.75, 3.05) is 36.4 Å². The lowest BCUT2D eigenvalue weighted by Crippen LogP contribution is -2.48. The van der Waals surface area contributed by atoms with Gasteiger partial charge in [0.25, 0.3) is 5.91 Å². The van der Waals surface area contributed by atoms with E-state index < -0.39 is 0 Å². The SMILES string of the molecule is CC(C)c1nccn1Cc1cccc(NC(=O)c2ccc(N3CCN(C(C)C)CC3)cc2)c1. The van der Waals surface area contributed by atoms with Crippen molar-refractivity contribution in [2.24, 2.45) is 0 Å². The molecule has 0 spiro atoms. The Balaban J connectivity index is 1.37. The first kappa shape index (κ1) is 23.1. The molecule has 3 aromatic rings. The Morgan fingerprint density at radius 3 is 2.39 bits per heavy atom. The van der Waals surface area contributed by atoms with E-state index in [1.807, 2.05) is 42.7 Å². The molecule has 1 saturated heterocycles. The fourth-order valence-corrected chi connectivity index (χ4v) is 4.42. The summed E-state index contributed by atoms with van der Waals surface area (Å²) in [5, 5.41) is 3.05. The molecule has 6 heteroatoms. The minimum atomic E-state index is -0.0890. The number of amides is 1. The predicted octanol–water partition coefficient (Wildman–Crippen LogP) is 4.84. The first-order valence-electron chi connectivity index (χ1n) is 11.9. The summed E-state index contributed by atoms with van der Waals surface area (Å²) in [4.78, 5) is 22.2. The summed E-state index contributed by atoms with van der Waals surface area (Å²) in [6, 6.07) is 16.6. The monoisotopic (exact) mass is 445 g/mol. The zero-order chi connectivity index (χ0) is 23.4. The number of hydrogen-bond donors (Lipinski definition) is 1. The van der Waals surface area contributed by atoms with Crippen molar-refractivity contribution in [3.63, 3.8) is 0 Å². The van der Waals surface area contributed by atoms with Gasteiger partial charge in [0, 0.05) is 74.0 Å². The Kier molecular flexibility index (Phi) is 7.14. The Labute approximate surface area is 197 Å². The highest BCUT2D eigenvalue weighted by atomic mass is 16.1. The number of carbonyl (C=O) groups is 1. The van der Waals surface area contributed by atoms with E-state index in [2.05, 4.69) is 70.6 Å². The number of hydrogen-bond acceptors (Lipinski definition) is 4. The van der Waals surface area contributed by atoms with Gasteiger partial charge in [-0.1, -0.05) is 26.0 Å². The molecule has 1 aromatic heterocycles. The van der Waals surface area contributed by atoms with Gasteiger partial charge < -0.3 is 14.8 Å². The minimum absolute atomic E-state index is 0.0890. The first-order valence-corrected chi connectivity index (χ1v) is 11.9. The molecular formula is C27H35N5O. The summed E-state index contributed by atoms with van der Waals surface area (Å²) in [6.45, 7) is 13.7. The zero-order valence-corrected chi connectivity index (χ0v) is 20.2. The third kappa shape index (κ3) is 5.63. The molecule has 1 aliphatic heterocycles. The second-order valence-electron chi connectivity index (χ2n) is 9.39. The van der Waals surface area contributed by atoms with Crippen LogP contribution in [0.4, 0.5) is 11.4 Å². The number of aromatic nitrogens is 2. The van der Waals surface area contributed by atoms with Crippen molar-refractivity contribution in [1.82, 2.24) is 14.5 Å². The molecule has 1 N–H and O–H groups in total. The number of rotatable bonds is 7. The van der Waals surface area contributed by atoms with Crippen molar-refractivity contribution < 1.29 is 4.79 Å². The van der Waals surface area contributed by atoms with Crippen LogP contribution in [0.1, 0.15) is 55.4 Å². The maximum absolute atomic E-state index is 12.8. The number of imidazole rings is 1. The minimum Gasteiger partial charge on any atom is -0.369 e. The number of nitrogens with zero attached hydrogens (tertiary/aromatic N) is 4. The second-order valence-corrected chi connectivity index (χ2v) is 9.39. The van der Waals surface area contributed by atoms with Crippen LogP contribution in [0.5, 0.6) is 0 Å². The van der Waals surface area contributed by atoms with E-state index in [-0.39, 0.29) is 5.91 Å². The predicted molar refractivity (Wildman–Crippen MR) is 135 cm³/mol. The number of piperazine rings is 1. The zero-order valence-electron chi connectivity index (χ0n) is 20.2. The highest BCUT2D eigenvalue weighted by Crippen LogP contribution is 2.20. The van der Waals surface area contributed by atoms with Gasteiger partial charge in [0.1, 0.15) is 5.82 Å². The maximum atomic E-state index is 12.8. The van der Waals surface area contributed by atoms with Crippen LogP contribution in [0.3, 0.4) is 0 Å². The molecule has 1 fully saturated rings. The summed E-state index contributed by atoms with van der Waals surface area (Å²) in [5.41, 5.74) is 3.78. The van der Waals surface area contributed by atoms with E-state index in [1.54, 1.807) is 0 Å². The topological polar surface area (TPSA) is 53.4 Å². The van der Waals surface area contributed by atoms with Gasteiger partial charge in [0.2, 0.25) is 0 Å². The molecule has 1 aliphatic rings. The van der Waals surface area contributed by atoms with Crippen molar-refractivity contribution in [2.45, 2.75) is 46.2 Å². The molecule has 0 aliphatic carbocycles. The number of carbonyl (C=O) groups excluding carboxylic acids is 1. The van der Waals surface area contributed by atoms with E-state index in [0.717, 1.165) is 49.8 Å². The maximum Gasteiger partial charge on any atom is 0.255 e. The summed E-state index contributed by atoms with van der Waals surface area (Å²) in [6.07, 6.45) is 3.85. The molecule has 0 radical (unpaired) electrons. The van der Waals surface area contributed by atoms with E-state index in [9.17, 15) is 4.79 Å². The van der Waals surface area contributed by atoms with Crippen molar-refractivity contribution in [1.29, 1.82) is 0 Å². The van der Waals surface area contributed by atoms with E-state index in [1.165, 1.54) is 5.69 Å². The van der Waals surface area contributed by atoms with Crippen LogP contribution >= 0.6 is 0 Å². The van der Waals surface area contributed by atoms with E-state index in [4.69, 9.17) is 0 Å². The van der Waals surface area contributed by atoms with Crippen LogP contribution in [-0.4, -0.2) is 52.6 Å². The van der Waals surface area contributed by atoms with Gasteiger partial charge in [-0.05, 0) is 55.8 Å². The van der Waals surface area contributed by atoms with Gasteiger partial charge >= 0.3 is 0 Å². The molecular weight excluding hydrogens is 410 g/mol. The number of anilines is 2. The Bertz CT molecular complexity index is 1060. The molecule has 0 saturated carbocycles. The molecule has 1 amide bonds. The third-order valence-corrected chi connectivity index (χ3v) is 6.34. The summed E-state index contributed by atoms with van der Waals surface area (Å²) >= 11 is 0. The van der Waals surface area contributed by atoms with Crippen LogP contribution in [-0.2, 0) is 6.54 Å². The lowest BCUT2D eigenvalue weighted by Gasteiger charge is -2.38. The van der Waals surface area contributed by atoms with Crippen LogP contribution in [0.25, 0.3) is 0 Å². The fraction of sp³-hybridized carbons (Fsp3) is 0.407. The van der Waals surface area contributed by atoms with E-state index >= 15 is 0 Å². The standard InChI is InChI=1S/C27H35N5O/c1-20(2)26-28-12-13-32(26)19-22-6-5-7-24(18-22)29-27(33)23-8-10-25(11-9-23)31-16-14-30(15-17-31)21(3)4/h5-13,18,20-21H,14-17,19H2,1-4H3,(H,29,33). The number of nitrogens with one attached hydrogen (secondary N) is 1. The molecule has 33 heavy (non-hydrogen) atoms. The fourth-order valence-electron chi connectivity index (χ4n) is 4.42. The van der Waals surface area contributed by atoms with Crippen LogP contribution in [0.2, 0.25) is 0 Å². The molecule has 4 rings (SSSR count). The second kappa shape index (κ2) is 10.2. The van der Waals surface area contributed by atoms with Gasteiger partial charge in [-0.15, -0.1) is 0 Å². The molecule has 0 unspecified atom stereocenters. The summed E-state index contributed by atoms with van der Waals surface area (Å²) < 4.78 is 2.16. The Morgan fingerprint density at radius 2 is 1.73 bits per heavy atom. The van der Waals surface area contributed by atoms with Gasteiger partial charge in [0.15, 0.2) is 0 Å². The highest BCUT2D eigenvalue weighted by molar-refractivity contribution is 6.04. The van der Waals surface area contributed by atoms with Gasteiger partial charge in [-0.3, -0.25) is 9.69 Å². The average Bonchev–Trinajstić information content (AvgIpc) is 3.28. The summed E-state index contributed by atoms with van der Waals surface area (Å²) in [7, 11) is 0. The largest absolute Gasteiger partial charge is 0.369 e. The summed E-state index contributed by atoms with van der Waals surface area (Å²) in [5.74, 6) is 1.34. The highest BCUT2D eigenvalue weighted by Gasteiger charge is 2.19. The smallest absolute Gasteiger partial charge is 0.255 e. The van der Waals surface area contributed by atoms with Crippen molar-refractivity contribution in [3.8, 4) is 0 Å². The average molecular weight is 446 g/mol. The lowest BCUT2D eigenvalue weighted by molar-refractivity contribution is 0.102. The van der Waals surface area contributed by atoms with Crippen LogP contribution < -0.4 is 10.2 Å². The Hall–Kier alpha value is -3.12. The molecule has 174 valence electrons. The molecule has 2 heterocycles. The van der Waals surface area contributed by atoms with Crippen molar-refractivity contribution in [3.05, 3.63) is 77.9 Å². The van der Waals surface area contributed by atoms with Crippen LogP contribution in [0.15, 0.2) is 60.9 Å². The third-order valence-electron chi connectivity index (χ3n) is 6.34. The normalized spacial score (nSPS) is 14.8.